The van der Waals surface area contributed by atoms with Gasteiger partial charge < -0.3 is 10.3 Å². The van der Waals surface area contributed by atoms with Crippen LogP contribution < -0.4 is 5.32 Å². The zero-order valence-corrected chi connectivity index (χ0v) is 6.80. The van der Waals surface area contributed by atoms with E-state index in [0.29, 0.717) is 6.04 Å². The van der Waals surface area contributed by atoms with E-state index in [-0.39, 0.29) is 0 Å². The second-order valence-electron chi connectivity index (χ2n) is 2.62. The fourth-order valence-electron chi connectivity index (χ4n) is 0.831. The summed E-state index contributed by atoms with van der Waals surface area (Å²) in [5.74, 6) is 0. The predicted molar refractivity (Wildman–Crippen MR) is 47.3 cm³/mol. The highest BCUT2D eigenvalue weighted by Gasteiger charge is 1.94. The van der Waals surface area contributed by atoms with Crippen LogP contribution in [-0.4, -0.2) is 11.0 Å². The molecule has 0 aliphatic carbocycles. The van der Waals surface area contributed by atoms with Crippen molar-refractivity contribution in [3.05, 3.63) is 36.7 Å². The minimum absolute atomic E-state index is 0.380. The Bertz CT molecular complexity index is 201. The summed E-state index contributed by atoms with van der Waals surface area (Å²) in [5, 5.41) is 3.30. The number of hydrogen-bond acceptors (Lipinski definition) is 1. The number of hydrogen-bond donors (Lipinski definition) is 2. The quantitative estimate of drug-likeness (QED) is 0.628. The first-order valence-electron chi connectivity index (χ1n) is 3.80. The summed E-state index contributed by atoms with van der Waals surface area (Å²) < 4.78 is 0. The minimum Gasteiger partial charge on any atom is -0.367 e. The van der Waals surface area contributed by atoms with Crippen LogP contribution in [0.2, 0.25) is 0 Å². The molecule has 0 saturated carbocycles. The Morgan fingerprint density at radius 3 is 3.18 bits per heavy atom. The lowest BCUT2D eigenvalue weighted by atomic mass is 10.3. The molecule has 0 radical (unpaired) electrons. The second-order valence-corrected chi connectivity index (χ2v) is 2.62. The van der Waals surface area contributed by atoms with E-state index in [9.17, 15) is 0 Å². The first-order valence-corrected chi connectivity index (χ1v) is 3.80. The van der Waals surface area contributed by atoms with E-state index < -0.39 is 0 Å². The van der Waals surface area contributed by atoms with Crippen LogP contribution in [0.3, 0.4) is 0 Å². The van der Waals surface area contributed by atoms with Crippen molar-refractivity contribution in [1.82, 2.24) is 10.3 Å². The maximum Gasteiger partial charge on any atom is 0.0225 e. The topological polar surface area (TPSA) is 27.8 Å². The highest BCUT2D eigenvalue weighted by atomic mass is 14.9. The molecule has 0 saturated heterocycles. The fourth-order valence-corrected chi connectivity index (χ4v) is 0.831. The standard InChI is InChI=1S/C9H14N2/c1-3-8(2)11-7-9-4-5-10-6-9/h3-6,8,10-11H,1,7H2,2H3. The molecule has 0 aromatic carbocycles. The van der Waals surface area contributed by atoms with Gasteiger partial charge >= 0.3 is 0 Å². The van der Waals surface area contributed by atoms with Crippen molar-refractivity contribution in [3.8, 4) is 0 Å². The Morgan fingerprint density at radius 1 is 1.82 bits per heavy atom. The van der Waals surface area contributed by atoms with Gasteiger partial charge in [0.15, 0.2) is 0 Å². The molecule has 11 heavy (non-hydrogen) atoms. The smallest absolute Gasteiger partial charge is 0.0225 e. The third-order valence-corrected chi connectivity index (χ3v) is 1.64. The molecule has 0 spiro atoms. The number of rotatable bonds is 4. The normalized spacial score (nSPS) is 12.8. The van der Waals surface area contributed by atoms with Gasteiger partial charge in [0.25, 0.3) is 0 Å². The summed E-state index contributed by atoms with van der Waals surface area (Å²) in [6.45, 7) is 6.67. The predicted octanol–water partition coefficient (Wildman–Crippen LogP) is 1.68. The number of H-pyrrole nitrogens is 1. The lowest BCUT2D eigenvalue weighted by Gasteiger charge is -2.06. The first kappa shape index (κ1) is 8.08. The van der Waals surface area contributed by atoms with Crippen LogP contribution >= 0.6 is 0 Å². The molecule has 1 unspecified atom stereocenters. The fraction of sp³-hybridized carbons (Fsp3) is 0.333. The van der Waals surface area contributed by atoms with Gasteiger partial charge in [-0.1, -0.05) is 6.08 Å². The summed E-state index contributed by atoms with van der Waals surface area (Å²) in [4.78, 5) is 3.01. The molecule has 0 bridgehead atoms. The van der Waals surface area contributed by atoms with Gasteiger partial charge in [-0.25, -0.2) is 0 Å². The SMILES string of the molecule is C=CC(C)NCc1cc[nH]c1. The van der Waals surface area contributed by atoms with E-state index >= 15 is 0 Å². The summed E-state index contributed by atoms with van der Waals surface area (Å²) >= 11 is 0. The van der Waals surface area contributed by atoms with Crippen LogP contribution in [0.1, 0.15) is 12.5 Å². The van der Waals surface area contributed by atoms with E-state index in [2.05, 4.69) is 29.9 Å². The van der Waals surface area contributed by atoms with Crippen molar-refractivity contribution in [1.29, 1.82) is 0 Å². The van der Waals surface area contributed by atoms with Crippen LogP contribution in [0.4, 0.5) is 0 Å². The van der Waals surface area contributed by atoms with Crippen LogP contribution in [0.25, 0.3) is 0 Å². The van der Waals surface area contributed by atoms with Crippen LogP contribution in [-0.2, 0) is 6.54 Å². The first-order chi connectivity index (χ1) is 5.33. The van der Waals surface area contributed by atoms with Crippen LogP contribution in [0.5, 0.6) is 0 Å². The third-order valence-electron chi connectivity index (χ3n) is 1.64. The summed E-state index contributed by atoms with van der Waals surface area (Å²) in [5.41, 5.74) is 1.28. The Balaban J connectivity index is 2.28. The van der Waals surface area contributed by atoms with Crippen LogP contribution in [0, 0.1) is 0 Å². The zero-order chi connectivity index (χ0) is 8.10. The molecular formula is C9H14N2. The van der Waals surface area contributed by atoms with Gasteiger partial charge in [0.05, 0.1) is 0 Å². The van der Waals surface area contributed by atoms with Crippen molar-refractivity contribution in [3.63, 3.8) is 0 Å². The Kier molecular flexibility index (Phi) is 2.93. The highest BCUT2D eigenvalue weighted by molar-refractivity contribution is 5.08. The lowest BCUT2D eigenvalue weighted by molar-refractivity contribution is 0.634. The maximum absolute atomic E-state index is 3.69. The van der Waals surface area contributed by atoms with E-state index in [4.69, 9.17) is 0 Å². The average molecular weight is 150 g/mol. The molecule has 1 rings (SSSR count). The van der Waals surface area contributed by atoms with Gasteiger partial charge in [-0.2, -0.15) is 0 Å². The molecule has 1 heterocycles. The van der Waals surface area contributed by atoms with Crippen molar-refractivity contribution < 1.29 is 0 Å². The summed E-state index contributed by atoms with van der Waals surface area (Å²) in [7, 11) is 0. The summed E-state index contributed by atoms with van der Waals surface area (Å²) in [6.07, 6.45) is 5.81. The molecule has 1 atom stereocenters. The maximum atomic E-state index is 3.69. The Hall–Kier alpha value is -1.02. The van der Waals surface area contributed by atoms with Gasteiger partial charge in [0, 0.05) is 25.0 Å². The number of aromatic amines is 1. The second kappa shape index (κ2) is 3.98. The largest absolute Gasteiger partial charge is 0.367 e. The molecule has 2 heteroatoms. The molecule has 0 aliphatic heterocycles. The van der Waals surface area contributed by atoms with Gasteiger partial charge in [0.2, 0.25) is 0 Å². The lowest BCUT2D eigenvalue weighted by Crippen LogP contribution is -2.22. The van der Waals surface area contributed by atoms with E-state index in [1.54, 1.807) is 0 Å². The van der Waals surface area contributed by atoms with Gasteiger partial charge in [-0.3, -0.25) is 0 Å². The molecule has 1 aromatic heterocycles. The van der Waals surface area contributed by atoms with Gasteiger partial charge in [-0.15, -0.1) is 6.58 Å². The van der Waals surface area contributed by atoms with Crippen molar-refractivity contribution in [2.24, 2.45) is 0 Å². The zero-order valence-electron chi connectivity index (χ0n) is 6.80. The summed E-state index contributed by atoms with van der Waals surface area (Å²) in [6, 6.07) is 2.44. The minimum atomic E-state index is 0.380. The molecule has 2 nitrogen and oxygen atoms in total. The monoisotopic (exact) mass is 150 g/mol. The highest BCUT2D eigenvalue weighted by Crippen LogP contribution is 1.95. The third kappa shape index (κ3) is 2.60. The van der Waals surface area contributed by atoms with Gasteiger partial charge in [-0.05, 0) is 18.6 Å². The molecule has 60 valence electrons. The Labute approximate surface area is 67.3 Å². The van der Waals surface area contributed by atoms with Crippen molar-refractivity contribution in [2.75, 3.05) is 0 Å². The molecule has 0 fully saturated rings. The van der Waals surface area contributed by atoms with E-state index in [1.807, 2.05) is 18.5 Å². The van der Waals surface area contributed by atoms with Crippen molar-refractivity contribution >= 4 is 0 Å². The van der Waals surface area contributed by atoms with Gasteiger partial charge in [0.1, 0.15) is 0 Å². The average Bonchev–Trinajstić information content (AvgIpc) is 2.52. The molecule has 1 aromatic rings. The Morgan fingerprint density at radius 2 is 2.64 bits per heavy atom. The molecule has 2 N–H and O–H groups in total. The number of aromatic nitrogens is 1. The molecule has 0 amide bonds. The molecular weight excluding hydrogens is 136 g/mol. The van der Waals surface area contributed by atoms with Crippen LogP contribution in [0.15, 0.2) is 31.1 Å². The van der Waals surface area contributed by atoms with E-state index in [1.165, 1.54) is 5.56 Å². The van der Waals surface area contributed by atoms with Crippen molar-refractivity contribution in [2.45, 2.75) is 19.5 Å². The molecule has 0 aliphatic rings. The number of nitrogens with one attached hydrogen (secondary N) is 2. The van der Waals surface area contributed by atoms with E-state index in [0.717, 1.165) is 6.54 Å².